The lowest BCUT2D eigenvalue weighted by molar-refractivity contribution is -0.124. The number of carbonyl (C=O) groups excluding carboxylic acids is 1. The van der Waals surface area contributed by atoms with Crippen molar-refractivity contribution in [3.63, 3.8) is 0 Å². The number of aliphatic hydroxyl groups is 1. The molecule has 0 aliphatic carbocycles. The summed E-state index contributed by atoms with van der Waals surface area (Å²) in [5.74, 6) is 0.539. The first-order chi connectivity index (χ1) is 9.99. The van der Waals surface area contributed by atoms with Crippen LogP contribution in [0.5, 0.6) is 5.75 Å². The standard InChI is InChI=1S/C17H27NO3/c1-5-15(13-8-10-14(21-4)11-9-13)16(19)18-12-17(20,6-2)7-3/h8-11,15,20H,5-7,12H2,1-4H3,(H,18,19). The van der Waals surface area contributed by atoms with Gasteiger partial charge in [-0.1, -0.05) is 32.9 Å². The fourth-order valence-electron chi connectivity index (χ4n) is 2.28. The molecule has 4 nitrogen and oxygen atoms in total. The van der Waals surface area contributed by atoms with Crippen LogP contribution in [0.15, 0.2) is 24.3 Å². The Morgan fingerprint density at radius 2 is 1.81 bits per heavy atom. The number of nitrogens with one attached hydrogen (secondary N) is 1. The van der Waals surface area contributed by atoms with E-state index in [9.17, 15) is 9.90 Å². The zero-order chi connectivity index (χ0) is 15.9. The van der Waals surface area contributed by atoms with Crippen molar-refractivity contribution in [2.75, 3.05) is 13.7 Å². The Morgan fingerprint density at radius 1 is 1.24 bits per heavy atom. The summed E-state index contributed by atoms with van der Waals surface area (Å²) >= 11 is 0. The Bertz CT molecular complexity index is 438. The molecule has 0 fully saturated rings. The van der Waals surface area contributed by atoms with Crippen LogP contribution in [0.25, 0.3) is 0 Å². The summed E-state index contributed by atoms with van der Waals surface area (Å²) in [7, 11) is 1.62. The Balaban J connectivity index is 2.72. The molecule has 0 saturated heterocycles. The molecule has 1 aromatic carbocycles. The van der Waals surface area contributed by atoms with Gasteiger partial charge in [0, 0.05) is 6.54 Å². The van der Waals surface area contributed by atoms with Crippen LogP contribution in [0.2, 0.25) is 0 Å². The van der Waals surface area contributed by atoms with E-state index in [1.54, 1.807) is 7.11 Å². The number of methoxy groups -OCH3 is 1. The summed E-state index contributed by atoms with van der Waals surface area (Å²) in [5.41, 5.74) is 0.153. The van der Waals surface area contributed by atoms with Gasteiger partial charge in [0.1, 0.15) is 5.75 Å². The van der Waals surface area contributed by atoms with E-state index < -0.39 is 5.60 Å². The number of benzene rings is 1. The first kappa shape index (κ1) is 17.5. The van der Waals surface area contributed by atoms with Crippen LogP contribution in [0, 0.1) is 0 Å². The summed E-state index contributed by atoms with van der Waals surface area (Å²) in [4.78, 5) is 12.4. The van der Waals surface area contributed by atoms with Crippen LogP contribution >= 0.6 is 0 Å². The van der Waals surface area contributed by atoms with Gasteiger partial charge in [0.15, 0.2) is 0 Å². The van der Waals surface area contributed by atoms with E-state index in [1.807, 2.05) is 45.0 Å². The Hall–Kier alpha value is -1.55. The topological polar surface area (TPSA) is 58.6 Å². The number of carbonyl (C=O) groups is 1. The quantitative estimate of drug-likeness (QED) is 0.775. The van der Waals surface area contributed by atoms with Crippen LogP contribution in [-0.2, 0) is 4.79 Å². The molecule has 0 heterocycles. The van der Waals surface area contributed by atoms with Crippen molar-refractivity contribution in [3.05, 3.63) is 29.8 Å². The molecule has 21 heavy (non-hydrogen) atoms. The van der Waals surface area contributed by atoms with Crippen molar-refractivity contribution in [1.29, 1.82) is 0 Å². The summed E-state index contributed by atoms with van der Waals surface area (Å²) in [6.45, 7) is 6.14. The smallest absolute Gasteiger partial charge is 0.227 e. The SMILES string of the molecule is CCC(C(=O)NCC(O)(CC)CC)c1ccc(OC)cc1. The molecule has 0 bridgehead atoms. The minimum absolute atomic E-state index is 0.0389. The van der Waals surface area contributed by atoms with Gasteiger partial charge in [0.05, 0.1) is 18.6 Å². The van der Waals surface area contributed by atoms with E-state index in [2.05, 4.69) is 5.32 Å². The largest absolute Gasteiger partial charge is 0.497 e. The maximum absolute atomic E-state index is 12.4. The second-order valence-electron chi connectivity index (χ2n) is 5.38. The predicted octanol–water partition coefficient (Wildman–Crippen LogP) is 2.86. The minimum atomic E-state index is -0.812. The second kappa shape index (κ2) is 8.03. The van der Waals surface area contributed by atoms with Crippen LogP contribution in [0.3, 0.4) is 0 Å². The molecule has 4 heteroatoms. The van der Waals surface area contributed by atoms with Crippen molar-refractivity contribution in [2.24, 2.45) is 0 Å². The average molecular weight is 293 g/mol. The van der Waals surface area contributed by atoms with Crippen LogP contribution in [0.1, 0.15) is 51.5 Å². The molecule has 1 rings (SSSR count). The van der Waals surface area contributed by atoms with Gasteiger partial charge in [-0.2, -0.15) is 0 Å². The van der Waals surface area contributed by atoms with Gasteiger partial charge in [-0.25, -0.2) is 0 Å². The Labute approximate surface area is 127 Å². The summed E-state index contributed by atoms with van der Waals surface area (Å²) < 4.78 is 5.13. The zero-order valence-corrected chi connectivity index (χ0v) is 13.5. The average Bonchev–Trinajstić information content (AvgIpc) is 2.54. The molecule has 0 aliphatic rings. The van der Waals surface area contributed by atoms with E-state index >= 15 is 0 Å². The molecule has 118 valence electrons. The van der Waals surface area contributed by atoms with Crippen LogP contribution in [0.4, 0.5) is 0 Å². The highest BCUT2D eigenvalue weighted by Crippen LogP contribution is 2.23. The van der Waals surface area contributed by atoms with Gasteiger partial charge in [0.2, 0.25) is 5.91 Å². The molecule has 0 radical (unpaired) electrons. The van der Waals surface area contributed by atoms with Crippen LogP contribution in [-0.4, -0.2) is 30.3 Å². The molecular weight excluding hydrogens is 266 g/mol. The Morgan fingerprint density at radius 3 is 2.24 bits per heavy atom. The summed E-state index contributed by atoms with van der Waals surface area (Å²) in [6.07, 6.45) is 1.97. The molecule has 0 aromatic heterocycles. The van der Waals surface area contributed by atoms with Crippen molar-refractivity contribution in [2.45, 2.75) is 51.6 Å². The first-order valence-electron chi connectivity index (χ1n) is 7.63. The number of hydrogen-bond acceptors (Lipinski definition) is 3. The highest BCUT2D eigenvalue weighted by atomic mass is 16.5. The van der Waals surface area contributed by atoms with Gasteiger partial charge in [-0.3, -0.25) is 4.79 Å². The number of amides is 1. The van der Waals surface area contributed by atoms with E-state index in [0.29, 0.717) is 19.4 Å². The monoisotopic (exact) mass is 293 g/mol. The highest BCUT2D eigenvalue weighted by molar-refractivity contribution is 5.83. The third-order valence-corrected chi connectivity index (χ3v) is 4.15. The van der Waals surface area contributed by atoms with E-state index in [0.717, 1.165) is 17.7 Å². The molecule has 2 N–H and O–H groups in total. The molecule has 1 unspecified atom stereocenters. The van der Waals surface area contributed by atoms with Gasteiger partial charge >= 0.3 is 0 Å². The lowest BCUT2D eigenvalue weighted by atomic mass is 9.94. The van der Waals surface area contributed by atoms with Gasteiger partial charge in [0.25, 0.3) is 0 Å². The number of ether oxygens (including phenoxy) is 1. The van der Waals surface area contributed by atoms with Gasteiger partial charge in [-0.05, 0) is 37.0 Å². The fourth-order valence-corrected chi connectivity index (χ4v) is 2.28. The lowest BCUT2D eigenvalue weighted by Gasteiger charge is -2.26. The predicted molar refractivity (Wildman–Crippen MR) is 84.6 cm³/mol. The fraction of sp³-hybridized carbons (Fsp3) is 0.588. The third-order valence-electron chi connectivity index (χ3n) is 4.15. The third kappa shape index (κ3) is 4.74. The van der Waals surface area contributed by atoms with Gasteiger partial charge < -0.3 is 15.2 Å². The minimum Gasteiger partial charge on any atom is -0.497 e. The molecule has 0 aliphatic heterocycles. The number of rotatable bonds is 8. The highest BCUT2D eigenvalue weighted by Gasteiger charge is 2.25. The maximum Gasteiger partial charge on any atom is 0.227 e. The molecule has 1 aromatic rings. The van der Waals surface area contributed by atoms with Crippen molar-refractivity contribution >= 4 is 5.91 Å². The summed E-state index contributed by atoms with van der Waals surface area (Å²) in [5, 5.41) is 13.1. The normalized spacial score (nSPS) is 12.8. The molecule has 1 atom stereocenters. The molecule has 1 amide bonds. The van der Waals surface area contributed by atoms with Gasteiger partial charge in [-0.15, -0.1) is 0 Å². The van der Waals surface area contributed by atoms with Crippen molar-refractivity contribution in [1.82, 2.24) is 5.32 Å². The number of hydrogen-bond donors (Lipinski definition) is 2. The van der Waals surface area contributed by atoms with Crippen molar-refractivity contribution in [3.8, 4) is 5.75 Å². The van der Waals surface area contributed by atoms with E-state index in [1.165, 1.54) is 0 Å². The van der Waals surface area contributed by atoms with E-state index in [-0.39, 0.29) is 11.8 Å². The maximum atomic E-state index is 12.4. The zero-order valence-electron chi connectivity index (χ0n) is 13.5. The lowest BCUT2D eigenvalue weighted by Crippen LogP contribution is -2.43. The van der Waals surface area contributed by atoms with Crippen LogP contribution < -0.4 is 10.1 Å². The molecular formula is C17H27NO3. The van der Waals surface area contributed by atoms with E-state index in [4.69, 9.17) is 4.74 Å². The molecule has 0 saturated carbocycles. The Kier molecular flexibility index (Phi) is 6.69. The second-order valence-corrected chi connectivity index (χ2v) is 5.38. The summed E-state index contributed by atoms with van der Waals surface area (Å²) in [6, 6.07) is 7.55. The first-order valence-corrected chi connectivity index (χ1v) is 7.63. The van der Waals surface area contributed by atoms with Crippen molar-refractivity contribution < 1.29 is 14.6 Å². The molecule has 0 spiro atoms.